The predicted molar refractivity (Wildman–Crippen MR) is 170 cm³/mol. The van der Waals surface area contributed by atoms with Crippen LogP contribution in [-0.4, -0.2) is 60.0 Å². The molecular weight excluding hydrogens is 562 g/mol. The Kier molecular flexibility index (Phi) is 10.0. The Morgan fingerprint density at radius 1 is 1.21 bits per heavy atom. The van der Waals surface area contributed by atoms with Gasteiger partial charge in [-0.15, -0.1) is 0 Å². The number of amides is 1. The molecule has 1 saturated heterocycles. The SMILES string of the molecule is CCn1cc(-c2cnc3c(Nc4cc(CN5CCCC(C)C5)ns4)nc(C)cn23)cn1.COc1ccccc1CNC=O. The van der Waals surface area contributed by atoms with Crippen molar-refractivity contribution in [2.45, 2.75) is 53.2 Å². The van der Waals surface area contributed by atoms with Crippen molar-refractivity contribution in [3.8, 4) is 17.0 Å². The van der Waals surface area contributed by atoms with Gasteiger partial charge in [0.25, 0.3) is 0 Å². The number of nitrogens with zero attached hydrogens (tertiary/aromatic N) is 7. The van der Waals surface area contributed by atoms with Crippen molar-refractivity contribution in [3.05, 3.63) is 72.1 Å². The standard InChI is InChI=1S/C22H28N8S.C9H11NO2/c1-4-29-13-17(9-24-29)19-10-23-22-21(25-16(3)12-30(19)22)26-20-8-18(27-31-20)14-28-7-5-6-15(2)11-28;1-12-9-5-3-2-4-8(9)6-10-7-11/h8-10,12-13,15H,4-7,11,14H2,1-3H3,(H,25,26);2-5,7H,6H2,1H3,(H,10,11). The molecular formula is C31H39N9O2S. The largest absolute Gasteiger partial charge is 0.496 e. The molecule has 1 atom stereocenters. The summed E-state index contributed by atoms with van der Waals surface area (Å²) in [4.78, 5) is 21.9. The third kappa shape index (κ3) is 7.57. The second-order valence-corrected chi connectivity index (χ2v) is 11.6. The van der Waals surface area contributed by atoms with Crippen LogP contribution in [0.4, 0.5) is 10.8 Å². The Morgan fingerprint density at radius 3 is 2.84 bits per heavy atom. The normalized spacial score (nSPS) is 15.1. The molecule has 1 aliphatic heterocycles. The van der Waals surface area contributed by atoms with Gasteiger partial charge >= 0.3 is 0 Å². The lowest BCUT2D eigenvalue weighted by atomic mass is 10.0. The van der Waals surface area contributed by atoms with Gasteiger partial charge in [-0.05, 0) is 62.8 Å². The molecule has 226 valence electrons. The van der Waals surface area contributed by atoms with Crippen LogP contribution in [0.5, 0.6) is 5.75 Å². The minimum atomic E-state index is 0.507. The van der Waals surface area contributed by atoms with Crippen LogP contribution >= 0.6 is 11.5 Å². The minimum Gasteiger partial charge on any atom is -0.496 e. The molecule has 43 heavy (non-hydrogen) atoms. The van der Waals surface area contributed by atoms with Crippen molar-refractivity contribution in [3.63, 3.8) is 0 Å². The molecule has 2 N–H and O–H groups in total. The summed E-state index contributed by atoms with van der Waals surface area (Å²) in [5.41, 5.74) is 5.86. The van der Waals surface area contributed by atoms with Gasteiger partial charge in [0.2, 0.25) is 6.41 Å². The van der Waals surface area contributed by atoms with Gasteiger partial charge in [-0.3, -0.25) is 18.8 Å². The van der Waals surface area contributed by atoms with E-state index in [4.69, 9.17) is 9.72 Å². The monoisotopic (exact) mass is 601 g/mol. The highest BCUT2D eigenvalue weighted by Crippen LogP contribution is 2.28. The van der Waals surface area contributed by atoms with E-state index >= 15 is 0 Å². The van der Waals surface area contributed by atoms with Gasteiger partial charge < -0.3 is 15.4 Å². The summed E-state index contributed by atoms with van der Waals surface area (Å²) < 4.78 is 13.8. The van der Waals surface area contributed by atoms with Crippen molar-refractivity contribution in [2.24, 2.45) is 5.92 Å². The fourth-order valence-corrected chi connectivity index (χ4v) is 5.95. The van der Waals surface area contributed by atoms with E-state index in [1.54, 1.807) is 7.11 Å². The number of anilines is 2. The highest BCUT2D eigenvalue weighted by molar-refractivity contribution is 7.10. The van der Waals surface area contributed by atoms with Crippen LogP contribution in [0.25, 0.3) is 16.9 Å². The van der Waals surface area contributed by atoms with E-state index in [9.17, 15) is 4.79 Å². The summed E-state index contributed by atoms with van der Waals surface area (Å²) in [6.45, 7) is 11.0. The smallest absolute Gasteiger partial charge is 0.207 e. The summed E-state index contributed by atoms with van der Waals surface area (Å²) >= 11 is 1.48. The molecule has 0 saturated carbocycles. The molecule has 5 heterocycles. The number of aryl methyl sites for hydroxylation is 2. The number of hydrogen-bond acceptors (Lipinski definition) is 9. The topological polar surface area (TPSA) is 114 Å². The number of carbonyl (C=O) groups excluding carboxylic acids is 1. The second-order valence-electron chi connectivity index (χ2n) is 10.8. The fourth-order valence-electron chi connectivity index (χ4n) is 5.30. The number of benzene rings is 1. The second kappa shape index (κ2) is 14.3. The number of hydrogen-bond donors (Lipinski definition) is 2. The molecule has 11 nitrogen and oxygen atoms in total. The van der Waals surface area contributed by atoms with Crippen molar-refractivity contribution in [1.82, 2.24) is 38.7 Å². The Labute approximate surface area is 256 Å². The van der Waals surface area contributed by atoms with Crippen LogP contribution in [0, 0.1) is 12.8 Å². The van der Waals surface area contributed by atoms with Crippen molar-refractivity contribution in [1.29, 1.82) is 0 Å². The number of aromatic nitrogens is 6. The van der Waals surface area contributed by atoms with Gasteiger partial charge in [0.05, 0.1) is 36.6 Å². The van der Waals surface area contributed by atoms with Gasteiger partial charge in [0, 0.05) is 49.7 Å². The molecule has 1 amide bonds. The number of likely N-dealkylation sites (tertiary alicyclic amines) is 1. The third-order valence-electron chi connectivity index (χ3n) is 7.36. The van der Waals surface area contributed by atoms with Crippen molar-refractivity contribution in [2.75, 3.05) is 25.5 Å². The number of para-hydroxylation sites is 1. The van der Waals surface area contributed by atoms with Gasteiger partial charge in [0.1, 0.15) is 10.8 Å². The zero-order valence-electron chi connectivity index (χ0n) is 25.2. The molecule has 4 aromatic heterocycles. The van der Waals surface area contributed by atoms with E-state index in [0.717, 1.165) is 82.5 Å². The lowest BCUT2D eigenvalue weighted by molar-refractivity contribution is -0.109. The van der Waals surface area contributed by atoms with Crippen LogP contribution < -0.4 is 15.4 Å². The quantitative estimate of drug-likeness (QED) is 0.208. The van der Waals surface area contributed by atoms with Crippen molar-refractivity contribution >= 4 is 34.4 Å². The maximum absolute atomic E-state index is 10.0. The lowest BCUT2D eigenvalue weighted by Crippen LogP contribution is -2.33. The van der Waals surface area contributed by atoms with Crippen LogP contribution in [0.2, 0.25) is 0 Å². The summed E-state index contributed by atoms with van der Waals surface area (Å²) in [5, 5.41) is 11.4. The Hall–Kier alpha value is -4.29. The first kappa shape index (κ1) is 30.2. The summed E-state index contributed by atoms with van der Waals surface area (Å²) in [5.74, 6) is 2.32. The lowest BCUT2D eigenvalue weighted by Gasteiger charge is -2.30. The van der Waals surface area contributed by atoms with E-state index in [1.807, 2.05) is 60.7 Å². The van der Waals surface area contributed by atoms with E-state index in [-0.39, 0.29) is 0 Å². The first-order valence-electron chi connectivity index (χ1n) is 14.6. The maximum atomic E-state index is 10.0. The van der Waals surface area contributed by atoms with Gasteiger partial charge in [-0.1, -0.05) is 25.1 Å². The number of ether oxygens (including phenoxy) is 1. The first-order valence-corrected chi connectivity index (χ1v) is 15.4. The zero-order chi connectivity index (χ0) is 30.2. The molecule has 5 aromatic rings. The minimum absolute atomic E-state index is 0.507. The molecule has 12 heteroatoms. The van der Waals surface area contributed by atoms with E-state index in [1.165, 1.54) is 24.4 Å². The number of carbonyl (C=O) groups is 1. The van der Waals surface area contributed by atoms with Crippen LogP contribution in [0.3, 0.4) is 0 Å². The highest BCUT2D eigenvalue weighted by atomic mass is 32.1. The van der Waals surface area contributed by atoms with E-state index < -0.39 is 0 Å². The number of fused-ring (bicyclic) bond motifs is 1. The summed E-state index contributed by atoms with van der Waals surface area (Å²) in [7, 11) is 1.61. The van der Waals surface area contributed by atoms with Crippen LogP contribution in [-0.2, 0) is 24.4 Å². The van der Waals surface area contributed by atoms with Crippen molar-refractivity contribution < 1.29 is 9.53 Å². The van der Waals surface area contributed by atoms with Gasteiger partial charge in [-0.25, -0.2) is 9.97 Å². The van der Waals surface area contributed by atoms with Gasteiger partial charge in [0.15, 0.2) is 11.5 Å². The number of nitrogens with one attached hydrogen (secondary N) is 2. The molecule has 0 aliphatic carbocycles. The Morgan fingerprint density at radius 2 is 2.07 bits per heavy atom. The predicted octanol–water partition coefficient (Wildman–Crippen LogP) is 5.29. The molecule has 6 rings (SSSR count). The molecule has 1 aliphatic rings. The van der Waals surface area contributed by atoms with E-state index in [2.05, 4.69) is 54.3 Å². The van der Waals surface area contributed by atoms with Crippen LogP contribution in [0.15, 0.2) is 55.1 Å². The Bertz CT molecular complexity index is 1640. The molecule has 0 radical (unpaired) electrons. The molecule has 1 aromatic carbocycles. The summed E-state index contributed by atoms with van der Waals surface area (Å²) in [6.07, 6.45) is 11.1. The third-order valence-corrected chi connectivity index (χ3v) is 8.10. The number of methoxy groups -OCH3 is 1. The van der Waals surface area contributed by atoms with Crippen LogP contribution in [0.1, 0.15) is 43.6 Å². The van der Waals surface area contributed by atoms with E-state index in [0.29, 0.717) is 13.0 Å². The number of rotatable bonds is 10. The molecule has 0 spiro atoms. The average molecular weight is 602 g/mol. The molecule has 1 fully saturated rings. The zero-order valence-corrected chi connectivity index (χ0v) is 26.0. The molecule has 1 unspecified atom stereocenters. The number of piperidine rings is 1. The first-order chi connectivity index (χ1) is 21.0. The maximum Gasteiger partial charge on any atom is 0.207 e. The molecule has 0 bridgehead atoms. The fraction of sp³-hybridized carbons (Fsp3) is 0.387. The highest BCUT2D eigenvalue weighted by Gasteiger charge is 2.18. The number of imidazole rings is 1. The average Bonchev–Trinajstić information content (AvgIpc) is 3.76. The summed E-state index contributed by atoms with van der Waals surface area (Å²) in [6, 6.07) is 9.71. The Balaban J connectivity index is 0.000000259. The van der Waals surface area contributed by atoms with Gasteiger partial charge in [-0.2, -0.15) is 9.47 Å².